The minimum atomic E-state index is -4.12. The molecule has 2 aliphatic carbocycles. The van der Waals surface area contributed by atoms with Gasteiger partial charge in [-0.05, 0) is 62.4 Å². The molecular weight excluding hydrogens is 438 g/mol. The topological polar surface area (TPSA) is 49.8 Å². The molecule has 1 heterocycles. The summed E-state index contributed by atoms with van der Waals surface area (Å²) < 4.78 is 60.5. The second-order valence-electron chi connectivity index (χ2n) is 9.51. The van der Waals surface area contributed by atoms with E-state index in [1.54, 1.807) is 24.3 Å². The lowest BCUT2D eigenvalue weighted by molar-refractivity contribution is -0.256. The Labute approximate surface area is 190 Å². The summed E-state index contributed by atoms with van der Waals surface area (Å²) in [6, 6.07) is 7.00. The summed E-state index contributed by atoms with van der Waals surface area (Å²) in [6.07, 6.45) is 1.49. The first kappa shape index (κ1) is 23.8. The molecule has 0 bridgehead atoms. The lowest BCUT2D eigenvalue weighted by Gasteiger charge is -2.47. The molecule has 1 saturated carbocycles. The molecule has 1 aromatic rings. The first-order valence-electron chi connectivity index (χ1n) is 11.5. The van der Waals surface area contributed by atoms with Crippen LogP contribution in [0.1, 0.15) is 44.1 Å². The number of halogens is 4. The summed E-state index contributed by atoms with van der Waals surface area (Å²) in [5, 5.41) is 9.02. The van der Waals surface area contributed by atoms with Crippen molar-refractivity contribution in [1.29, 1.82) is 0 Å². The largest absolute Gasteiger partial charge is 0.493 e. The van der Waals surface area contributed by atoms with Crippen molar-refractivity contribution < 1.29 is 32.2 Å². The predicted molar refractivity (Wildman–Crippen MR) is 116 cm³/mol. The lowest BCUT2D eigenvalue weighted by Crippen LogP contribution is -2.53. The summed E-state index contributed by atoms with van der Waals surface area (Å²) >= 11 is 0. The van der Waals surface area contributed by atoms with Crippen molar-refractivity contribution >= 4 is 11.5 Å². The van der Waals surface area contributed by atoms with E-state index in [4.69, 9.17) is 9.84 Å². The highest BCUT2D eigenvalue weighted by Gasteiger charge is 2.58. The molecule has 8 heteroatoms. The Morgan fingerprint density at radius 2 is 1.82 bits per heavy atom. The van der Waals surface area contributed by atoms with Crippen molar-refractivity contribution in [2.45, 2.75) is 44.7 Å². The Morgan fingerprint density at radius 1 is 1.15 bits per heavy atom. The van der Waals surface area contributed by atoms with E-state index in [0.717, 1.165) is 12.8 Å². The van der Waals surface area contributed by atoms with Crippen LogP contribution < -0.4 is 4.74 Å². The molecule has 180 valence electrons. The van der Waals surface area contributed by atoms with E-state index in [9.17, 15) is 22.4 Å². The number of ether oxygens (including phenoxy) is 1. The average molecular weight is 468 g/mol. The maximum Gasteiger partial charge on any atom is 0.395 e. The minimum Gasteiger partial charge on any atom is -0.493 e. The fraction of sp³-hybridized carbons (Fsp3) is 0.560. The number of aliphatic carboxylic acids is 1. The number of carboxylic acids is 1. The Kier molecular flexibility index (Phi) is 6.84. The molecule has 1 aromatic carbocycles. The van der Waals surface area contributed by atoms with Crippen LogP contribution in [-0.4, -0.2) is 48.4 Å². The zero-order valence-corrected chi connectivity index (χ0v) is 18.4. The first-order valence-corrected chi connectivity index (χ1v) is 11.5. The first-order chi connectivity index (χ1) is 15.7. The van der Waals surface area contributed by atoms with Gasteiger partial charge in [-0.2, -0.15) is 13.2 Å². The smallest absolute Gasteiger partial charge is 0.395 e. The second-order valence-corrected chi connectivity index (χ2v) is 9.51. The SMILES string of the molecule is O=C(O)C1C=CC(c2ccc(OCC3CCN(CC4(C(F)(F)F)CCC4)CC3)cc2)=C(F)C1. The van der Waals surface area contributed by atoms with Crippen molar-refractivity contribution in [3.05, 3.63) is 47.8 Å². The van der Waals surface area contributed by atoms with E-state index >= 15 is 0 Å². The molecule has 33 heavy (non-hydrogen) atoms. The van der Waals surface area contributed by atoms with Crippen LogP contribution >= 0.6 is 0 Å². The molecule has 1 saturated heterocycles. The highest BCUT2D eigenvalue weighted by atomic mass is 19.4. The number of allylic oxidation sites excluding steroid dienone is 3. The van der Waals surface area contributed by atoms with Crippen LogP contribution in [0, 0.1) is 17.3 Å². The summed E-state index contributed by atoms with van der Waals surface area (Å²) in [7, 11) is 0. The van der Waals surface area contributed by atoms with E-state index in [2.05, 4.69) is 0 Å². The van der Waals surface area contributed by atoms with Gasteiger partial charge in [0.25, 0.3) is 0 Å². The molecular formula is C25H29F4NO3. The molecule has 1 N–H and O–H groups in total. The normalized spacial score (nSPS) is 23.9. The van der Waals surface area contributed by atoms with Gasteiger partial charge in [-0.15, -0.1) is 0 Å². The molecule has 1 aliphatic heterocycles. The van der Waals surface area contributed by atoms with Crippen LogP contribution in [0.3, 0.4) is 0 Å². The van der Waals surface area contributed by atoms with Crippen molar-refractivity contribution in [3.8, 4) is 5.75 Å². The van der Waals surface area contributed by atoms with Gasteiger partial charge in [-0.1, -0.05) is 30.7 Å². The number of hydrogen-bond donors (Lipinski definition) is 1. The molecule has 3 aliphatic rings. The van der Waals surface area contributed by atoms with Gasteiger partial charge in [-0.3, -0.25) is 4.79 Å². The molecule has 1 atom stereocenters. The summed E-state index contributed by atoms with van der Waals surface area (Å²) in [5.74, 6) is -1.39. The van der Waals surface area contributed by atoms with Gasteiger partial charge < -0.3 is 14.7 Å². The standard InChI is InChI=1S/C25H29F4NO3/c26-22-14-19(23(31)32)4-7-21(22)18-2-5-20(6-3-18)33-15-17-8-12-30(13-9-17)16-24(10-1-11-24)25(27,28)29/h2-7,17,19H,1,8-16H2,(H,31,32). The Hall–Kier alpha value is -2.35. The Bertz CT molecular complexity index is 911. The number of hydrogen-bond acceptors (Lipinski definition) is 3. The van der Waals surface area contributed by atoms with Gasteiger partial charge in [0.1, 0.15) is 11.6 Å². The third-order valence-electron chi connectivity index (χ3n) is 7.30. The quantitative estimate of drug-likeness (QED) is 0.511. The molecule has 0 amide bonds. The Morgan fingerprint density at radius 3 is 2.33 bits per heavy atom. The van der Waals surface area contributed by atoms with Gasteiger partial charge in [0.2, 0.25) is 0 Å². The van der Waals surface area contributed by atoms with Crippen molar-refractivity contribution in [1.82, 2.24) is 4.90 Å². The number of piperidine rings is 1. The highest BCUT2D eigenvalue weighted by molar-refractivity contribution is 5.81. The van der Waals surface area contributed by atoms with E-state index in [0.29, 0.717) is 48.9 Å². The van der Waals surface area contributed by atoms with Crippen molar-refractivity contribution in [2.75, 3.05) is 26.2 Å². The van der Waals surface area contributed by atoms with E-state index in [1.807, 2.05) is 4.90 Å². The van der Waals surface area contributed by atoms with E-state index in [-0.39, 0.29) is 25.8 Å². The number of likely N-dealkylation sites (tertiary alicyclic amines) is 1. The number of carbonyl (C=O) groups is 1. The fourth-order valence-corrected chi connectivity index (χ4v) is 4.92. The number of alkyl halides is 3. The minimum absolute atomic E-state index is 0.111. The van der Waals surface area contributed by atoms with Gasteiger partial charge in [0, 0.05) is 18.5 Å². The molecule has 2 fully saturated rings. The molecule has 0 aromatic heterocycles. The molecule has 0 radical (unpaired) electrons. The summed E-state index contributed by atoms with van der Waals surface area (Å²) in [6.45, 7) is 1.91. The maximum atomic E-state index is 14.3. The number of carboxylic acid groups (broad SMARTS) is 1. The molecule has 1 unspecified atom stereocenters. The number of nitrogens with zero attached hydrogens (tertiary/aromatic N) is 1. The third kappa shape index (κ3) is 5.26. The molecule has 4 rings (SSSR count). The highest BCUT2D eigenvalue weighted by Crippen LogP contribution is 2.53. The monoisotopic (exact) mass is 467 g/mol. The van der Waals surface area contributed by atoms with Gasteiger partial charge in [0.05, 0.1) is 17.9 Å². The average Bonchev–Trinajstić information content (AvgIpc) is 2.75. The number of benzene rings is 1. The van der Waals surface area contributed by atoms with Crippen molar-refractivity contribution in [2.24, 2.45) is 17.3 Å². The zero-order valence-electron chi connectivity index (χ0n) is 18.4. The molecule has 0 spiro atoms. The maximum absolute atomic E-state index is 14.3. The van der Waals surface area contributed by atoms with Crippen molar-refractivity contribution in [3.63, 3.8) is 0 Å². The van der Waals surface area contributed by atoms with E-state index < -0.39 is 29.3 Å². The summed E-state index contributed by atoms with van der Waals surface area (Å²) in [5.41, 5.74) is -0.466. The zero-order chi connectivity index (χ0) is 23.6. The third-order valence-corrected chi connectivity index (χ3v) is 7.30. The second kappa shape index (κ2) is 9.49. The molecule has 4 nitrogen and oxygen atoms in total. The van der Waals surface area contributed by atoms with Crippen LogP contribution in [0.15, 0.2) is 42.2 Å². The van der Waals surface area contributed by atoms with Gasteiger partial charge in [0.15, 0.2) is 0 Å². The Balaban J connectivity index is 1.24. The fourth-order valence-electron chi connectivity index (χ4n) is 4.92. The van der Waals surface area contributed by atoms with Crippen LogP contribution in [0.5, 0.6) is 5.75 Å². The van der Waals surface area contributed by atoms with Crippen LogP contribution in [-0.2, 0) is 4.79 Å². The van der Waals surface area contributed by atoms with Crippen LogP contribution in [0.4, 0.5) is 17.6 Å². The van der Waals surface area contributed by atoms with Crippen LogP contribution in [0.2, 0.25) is 0 Å². The van der Waals surface area contributed by atoms with Gasteiger partial charge in [-0.25, -0.2) is 4.39 Å². The van der Waals surface area contributed by atoms with E-state index in [1.165, 1.54) is 12.2 Å². The summed E-state index contributed by atoms with van der Waals surface area (Å²) in [4.78, 5) is 13.0. The van der Waals surface area contributed by atoms with Crippen LogP contribution in [0.25, 0.3) is 5.57 Å². The lowest BCUT2D eigenvalue weighted by atomic mass is 9.67. The predicted octanol–water partition coefficient (Wildman–Crippen LogP) is 5.85. The van der Waals surface area contributed by atoms with Gasteiger partial charge >= 0.3 is 12.1 Å². The number of rotatable bonds is 7.